The Morgan fingerprint density at radius 1 is 1.12 bits per heavy atom. The van der Waals surface area contributed by atoms with Crippen LogP contribution in [0.1, 0.15) is 17.5 Å². The van der Waals surface area contributed by atoms with Gasteiger partial charge >= 0.3 is 0 Å². The highest BCUT2D eigenvalue weighted by molar-refractivity contribution is 6.06. The molecule has 1 aliphatic heterocycles. The van der Waals surface area contributed by atoms with E-state index in [4.69, 9.17) is 14.3 Å². The Kier molecular flexibility index (Phi) is 4.88. The zero-order chi connectivity index (χ0) is 17.8. The number of oxime groups is 1. The summed E-state index contributed by atoms with van der Waals surface area (Å²) in [7, 11) is 3.16. The number of aryl methyl sites for hydroxylation is 1. The van der Waals surface area contributed by atoms with Crippen LogP contribution in [-0.2, 0) is 9.63 Å². The molecule has 1 N–H and O–H groups in total. The fourth-order valence-electron chi connectivity index (χ4n) is 2.56. The lowest BCUT2D eigenvalue weighted by Gasteiger charge is -2.10. The molecule has 0 saturated carbocycles. The third-order valence-corrected chi connectivity index (χ3v) is 4.00. The van der Waals surface area contributed by atoms with Gasteiger partial charge in [-0.1, -0.05) is 22.9 Å². The first-order chi connectivity index (χ1) is 12.1. The molecule has 0 saturated heterocycles. The molecule has 2 aromatic carbocycles. The van der Waals surface area contributed by atoms with E-state index in [2.05, 4.69) is 10.5 Å². The van der Waals surface area contributed by atoms with Crippen molar-refractivity contribution >= 4 is 17.3 Å². The molecule has 1 atom stereocenters. The predicted molar refractivity (Wildman–Crippen MR) is 95.4 cm³/mol. The van der Waals surface area contributed by atoms with Crippen LogP contribution in [0.15, 0.2) is 47.6 Å². The lowest BCUT2D eigenvalue weighted by molar-refractivity contribution is -0.125. The zero-order valence-electron chi connectivity index (χ0n) is 14.4. The zero-order valence-corrected chi connectivity index (χ0v) is 14.4. The maximum Gasteiger partial charge on any atom is 0.268 e. The predicted octanol–water partition coefficient (Wildman–Crippen LogP) is 3.14. The summed E-state index contributed by atoms with van der Waals surface area (Å²) >= 11 is 0. The number of hydrogen-bond donors (Lipinski definition) is 1. The van der Waals surface area contributed by atoms with Gasteiger partial charge in [-0.15, -0.1) is 0 Å². The average Bonchev–Trinajstić information content (AvgIpc) is 3.13. The lowest BCUT2D eigenvalue weighted by Crippen LogP contribution is -2.28. The normalized spacial score (nSPS) is 16.0. The monoisotopic (exact) mass is 340 g/mol. The Bertz CT molecular complexity index is 800. The molecule has 0 fully saturated rings. The van der Waals surface area contributed by atoms with Gasteiger partial charge in [-0.3, -0.25) is 4.79 Å². The minimum Gasteiger partial charge on any atom is -0.493 e. The maximum absolute atomic E-state index is 12.3. The Hall–Kier alpha value is -3.02. The molecule has 25 heavy (non-hydrogen) atoms. The van der Waals surface area contributed by atoms with Crippen LogP contribution in [0.4, 0.5) is 5.69 Å². The van der Waals surface area contributed by atoms with Gasteiger partial charge in [-0.05, 0) is 37.3 Å². The molecule has 1 aliphatic rings. The van der Waals surface area contributed by atoms with Gasteiger partial charge in [0.05, 0.1) is 19.9 Å². The number of hydrogen-bond acceptors (Lipinski definition) is 5. The smallest absolute Gasteiger partial charge is 0.268 e. The van der Waals surface area contributed by atoms with Crippen LogP contribution in [0.3, 0.4) is 0 Å². The van der Waals surface area contributed by atoms with E-state index < -0.39 is 6.10 Å². The molecule has 0 aliphatic carbocycles. The van der Waals surface area contributed by atoms with E-state index in [1.54, 1.807) is 20.3 Å². The second-order valence-corrected chi connectivity index (χ2v) is 5.76. The molecule has 0 radical (unpaired) electrons. The third-order valence-electron chi connectivity index (χ3n) is 4.00. The number of nitrogens with one attached hydrogen (secondary N) is 1. The van der Waals surface area contributed by atoms with Crippen LogP contribution < -0.4 is 14.8 Å². The van der Waals surface area contributed by atoms with Gasteiger partial charge in [0.2, 0.25) is 6.10 Å². The van der Waals surface area contributed by atoms with Crippen LogP contribution in [0.5, 0.6) is 11.5 Å². The van der Waals surface area contributed by atoms with Gasteiger partial charge in [-0.25, -0.2) is 0 Å². The molecule has 0 aromatic heterocycles. The van der Waals surface area contributed by atoms with Gasteiger partial charge in [0.25, 0.3) is 5.91 Å². The largest absolute Gasteiger partial charge is 0.493 e. The number of carbonyl (C=O) groups is 1. The number of anilines is 1. The quantitative estimate of drug-likeness (QED) is 0.908. The summed E-state index contributed by atoms with van der Waals surface area (Å²) in [6.45, 7) is 1.99. The van der Waals surface area contributed by atoms with Crippen LogP contribution in [0.25, 0.3) is 0 Å². The first-order valence-corrected chi connectivity index (χ1v) is 7.93. The number of nitrogens with zero attached hydrogens (tertiary/aromatic N) is 1. The van der Waals surface area contributed by atoms with Crippen molar-refractivity contribution < 1.29 is 19.1 Å². The van der Waals surface area contributed by atoms with Crippen molar-refractivity contribution in [2.45, 2.75) is 19.4 Å². The molecule has 6 heteroatoms. The molecule has 1 amide bonds. The minimum atomic E-state index is -0.649. The Morgan fingerprint density at radius 3 is 2.52 bits per heavy atom. The van der Waals surface area contributed by atoms with Crippen LogP contribution in [0.2, 0.25) is 0 Å². The number of methoxy groups -OCH3 is 2. The summed E-state index contributed by atoms with van der Waals surface area (Å²) in [5, 5.41) is 6.90. The average molecular weight is 340 g/mol. The molecule has 6 nitrogen and oxygen atoms in total. The first-order valence-electron chi connectivity index (χ1n) is 7.93. The number of rotatable bonds is 5. The molecule has 0 spiro atoms. The summed E-state index contributed by atoms with van der Waals surface area (Å²) in [5.41, 5.74) is 3.40. The van der Waals surface area contributed by atoms with Crippen LogP contribution in [-0.4, -0.2) is 31.9 Å². The molecule has 1 heterocycles. The number of amides is 1. The fourth-order valence-corrected chi connectivity index (χ4v) is 2.56. The summed E-state index contributed by atoms with van der Waals surface area (Å²) < 4.78 is 10.5. The SMILES string of the molecule is COc1ccc(C2=NO[C@@H](C(=O)Nc3ccc(C)cc3)C2)cc1OC. The molecule has 2 aromatic rings. The Balaban J connectivity index is 1.66. The van der Waals surface area contributed by atoms with Crippen LogP contribution >= 0.6 is 0 Å². The summed E-state index contributed by atoms with van der Waals surface area (Å²) in [6, 6.07) is 13.1. The third kappa shape index (κ3) is 3.74. The fraction of sp³-hybridized carbons (Fsp3) is 0.263. The summed E-state index contributed by atoms with van der Waals surface area (Å²) in [4.78, 5) is 17.7. The highest BCUT2D eigenvalue weighted by Crippen LogP contribution is 2.29. The van der Waals surface area contributed by atoms with Crippen molar-refractivity contribution in [1.82, 2.24) is 0 Å². The van der Waals surface area contributed by atoms with Gasteiger partial charge < -0.3 is 19.6 Å². The van der Waals surface area contributed by atoms with Crippen molar-refractivity contribution in [1.29, 1.82) is 0 Å². The Morgan fingerprint density at radius 2 is 1.84 bits per heavy atom. The van der Waals surface area contributed by atoms with E-state index in [1.165, 1.54) is 0 Å². The second kappa shape index (κ2) is 7.25. The van der Waals surface area contributed by atoms with Crippen molar-refractivity contribution in [2.24, 2.45) is 5.16 Å². The molecule has 3 rings (SSSR count). The second-order valence-electron chi connectivity index (χ2n) is 5.76. The molecular weight excluding hydrogens is 320 g/mol. The standard InChI is InChI=1S/C19H20N2O4/c1-12-4-7-14(8-5-12)20-19(22)18-11-15(21-25-18)13-6-9-16(23-2)17(10-13)24-3/h4-10,18H,11H2,1-3H3,(H,20,22)/t18-/m1/s1. The van der Waals surface area contributed by atoms with E-state index in [9.17, 15) is 4.79 Å². The molecule has 0 unspecified atom stereocenters. The summed E-state index contributed by atoms with van der Waals surface area (Å²) in [6.07, 6.45) is -0.253. The maximum atomic E-state index is 12.3. The molecule has 130 valence electrons. The number of benzene rings is 2. The van der Waals surface area contributed by atoms with Gasteiger partial charge in [0.1, 0.15) is 0 Å². The van der Waals surface area contributed by atoms with E-state index >= 15 is 0 Å². The Labute approximate surface area is 146 Å². The van der Waals surface area contributed by atoms with Crippen molar-refractivity contribution in [3.8, 4) is 11.5 Å². The van der Waals surface area contributed by atoms with Crippen molar-refractivity contribution in [3.05, 3.63) is 53.6 Å². The number of ether oxygens (including phenoxy) is 2. The summed E-state index contributed by atoms with van der Waals surface area (Å²) in [5.74, 6) is 1.03. The highest BCUT2D eigenvalue weighted by Gasteiger charge is 2.29. The first kappa shape index (κ1) is 16.8. The van der Waals surface area contributed by atoms with Crippen molar-refractivity contribution in [3.63, 3.8) is 0 Å². The van der Waals surface area contributed by atoms with Crippen LogP contribution in [0, 0.1) is 6.92 Å². The molecular formula is C19H20N2O4. The van der Waals surface area contributed by atoms with E-state index in [0.29, 0.717) is 23.6 Å². The van der Waals surface area contributed by atoms with E-state index in [0.717, 1.165) is 16.8 Å². The topological polar surface area (TPSA) is 69.2 Å². The van der Waals surface area contributed by atoms with Gasteiger partial charge in [0, 0.05) is 17.7 Å². The van der Waals surface area contributed by atoms with Crippen molar-refractivity contribution in [2.75, 3.05) is 19.5 Å². The number of carbonyl (C=O) groups excluding carboxylic acids is 1. The lowest BCUT2D eigenvalue weighted by atomic mass is 10.0. The van der Waals surface area contributed by atoms with E-state index in [1.807, 2.05) is 43.3 Å². The van der Waals surface area contributed by atoms with Gasteiger partial charge in [-0.2, -0.15) is 0 Å². The van der Waals surface area contributed by atoms with Gasteiger partial charge in [0.15, 0.2) is 11.5 Å². The minimum absolute atomic E-state index is 0.219. The highest BCUT2D eigenvalue weighted by atomic mass is 16.6. The van der Waals surface area contributed by atoms with E-state index in [-0.39, 0.29) is 5.91 Å². The molecule has 0 bridgehead atoms.